The maximum absolute atomic E-state index is 13.6. The Labute approximate surface area is 132 Å². The van der Waals surface area contributed by atoms with Crippen molar-refractivity contribution in [2.75, 3.05) is 13.2 Å². The third-order valence-corrected chi connectivity index (χ3v) is 4.23. The summed E-state index contributed by atoms with van der Waals surface area (Å²) in [7, 11) is 0. The van der Waals surface area contributed by atoms with Gasteiger partial charge >= 0.3 is 0 Å². The van der Waals surface area contributed by atoms with E-state index in [9.17, 15) is 9.18 Å². The van der Waals surface area contributed by atoms with E-state index in [-0.39, 0.29) is 22.5 Å². The van der Waals surface area contributed by atoms with Gasteiger partial charge in [0.25, 0.3) is 5.91 Å². The van der Waals surface area contributed by atoms with Gasteiger partial charge in [0.1, 0.15) is 5.82 Å². The van der Waals surface area contributed by atoms with Gasteiger partial charge in [0.05, 0.1) is 17.4 Å². The zero-order chi connectivity index (χ0) is 15.6. The van der Waals surface area contributed by atoms with Crippen molar-refractivity contribution < 1.29 is 18.3 Å². The molecule has 0 bridgehead atoms. The average Bonchev–Trinajstić information content (AvgIpc) is 2.94. The SMILES string of the molecule is O=C(NC1(c2cccc(F)c2)CCOCC1)c1ccoc1Cl. The average molecular weight is 324 g/mol. The fourth-order valence-electron chi connectivity index (χ4n) is 2.73. The summed E-state index contributed by atoms with van der Waals surface area (Å²) in [6, 6.07) is 7.79. The van der Waals surface area contributed by atoms with Gasteiger partial charge in [-0.1, -0.05) is 12.1 Å². The molecule has 0 atom stereocenters. The van der Waals surface area contributed by atoms with E-state index in [0.717, 1.165) is 5.56 Å². The maximum Gasteiger partial charge on any atom is 0.256 e. The Bertz CT molecular complexity index is 680. The van der Waals surface area contributed by atoms with Crippen LogP contribution < -0.4 is 5.32 Å². The van der Waals surface area contributed by atoms with Gasteiger partial charge in [0.2, 0.25) is 5.22 Å². The molecule has 1 N–H and O–H groups in total. The topological polar surface area (TPSA) is 51.5 Å². The summed E-state index contributed by atoms with van der Waals surface area (Å²) in [6.45, 7) is 0.992. The van der Waals surface area contributed by atoms with E-state index in [0.29, 0.717) is 26.1 Å². The van der Waals surface area contributed by atoms with Crippen LogP contribution in [0.15, 0.2) is 41.0 Å². The molecule has 116 valence electrons. The van der Waals surface area contributed by atoms with Crippen LogP contribution in [0.25, 0.3) is 0 Å². The first kappa shape index (κ1) is 15.1. The zero-order valence-corrected chi connectivity index (χ0v) is 12.5. The first-order valence-electron chi connectivity index (χ1n) is 7.00. The molecule has 2 heterocycles. The number of hydrogen-bond acceptors (Lipinski definition) is 3. The number of rotatable bonds is 3. The maximum atomic E-state index is 13.6. The molecule has 4 nitrogen and oxygen atoms in total. The van der Waals surface area contributed by atoms with Crippen molar-refractivity contribution in [2.45, 2.75) is 18.4 Å². The molecule has 0 spiro atoms. The highest BCUT2D eigenvalue weighted by Gasteiger charge is 2.37. The summed E-state index contributed by atoms with van der Waals surface area (Å²) in [5.74, 6) is -0.677. The van der Waals surface area contributed by atoms with E-state index in [1.54, 1.807) is 6.07 Å². The molecule has 0 radical (unpaired) electrons. The van der Waals surface area contributed by atoms with Gasteiger partial charge in [-0.05, 0) is 48.2 Å². The molecule has 3 rings (SSSR count). The summed E-state index contributed by atoms with van der Waals surface area (Å²) in [4.78, 5) is 12.5. The highest BCUT2D eigenvalue weighted by Crippen LogP contribution is 2.33. The van der Waals surface area contributed by atoms with Gasteiger partial charge in [-0.2, -0.15) is 0 Å². The third-order valence-electron chi connectivity index (χ3n) is 3.94. The molecular weight excluding hydrogens is 309 g/mol. The Kier molecular flexibility index (Phi) is 4.18. The highest BCUT2D eigenvalue weighted by molar-refractivity contribution is 6.32. The molecule has 6 heteroatoms. The molecular formula is C16H15ClFNO3. The summed E-state index contributed by atoms with van der Waals surface area (Å²) < 4.78 is 23.9. The van der Waals surface area contributed by atoms with Crippen LogP contribution in [0.4, 0.5) is 4.39 Å². The second-order valence-electron chi connectivity index (χ2n) is 5.27. The molecule has 1 aliphatic rings. The van der Waals surface area contributed by atoms with Crippen molar-refractivity contribution >= 4 is 17.5 Å². The van der Waals surface area contributed by atoms with E-state index >= 15 is 0 Å². The lowest BCUT2D eigenvalue weighted by Gasteiger charge is -2.38. The third kappa shape index (κ3) is 2.87. The molecule has 0 saturated carbocycles. The van der Waals surface area contributed by atoms with Crippen molar-refractivity contribution in [1.29, 1.82) is 0 Å². The minimum atomic E-state index is -0.669. The van der Waals surface area contributed by atoms with Crippen LogP contribution >= 0.6 is 11.6 Å². The number of amides is 1. The molecule has 1 aromatic carbocycles. The largest absolute Gasteiger partial charge is 0.452 e. The lowest BCUT2D eigenvalue weighted by Crippen LogP contribution is -2.49. The quantitative estimate of drug-likeness (QED) is 0.940. The van der Waals surface area contributed by atoms with Crippen LogP contribution in [0.2, 0.25) is 5.22 Å². The van der Waals surface area contributed by atoms with Gasteiger partial charge in [-0.25, -0.2) is 4.39 Å². The minimum absolute atomic E-state index is 0.0407. The Morgan fingerprint density at radius 3 is 2.68 bits per heavy atom. The molecule has 1 fully saturated rings. The molecule has 2 aromatic rings. The van der Waals surface area contributed by atoms with Crippen molar-refractivity contribution in [3.63, 3.8) is 0 Å². The standard InChI is InChI=1S/C16H15ClFNO3/c17-14-13(4-7-22-14)15(20)19-16(5-8-21-9-6-16)11-2-1-3-12(18)10-11/h1-4,7,10H,5-6,8-9H2,(H,19,20). The van der Waals surface area contributed by atoms with E-state index in [1.807, 2.05) is 6.07 Å². The van der Waals surface area contributed by atoms with Crippen molar-refractivity contribution in [3.05, 3.63) is 58.8 Å². The second-order valence-corrected chi connectivity index (χ2v) is 5.61. The van der Waals surface area contributed by atoms with Crippen molar-refractivity contribution in [1.82, 2.24) is 5.32 Å². The zero-order valence-electron chi connectivity index (χ0n) is 11.8. The number of furan rings is 1. The number of benzene rings is 1. The van der Waals surface area contributed by atoms with Gasteiger partial charge < -0.3 is 14.5 Å². The van der Waals surface area contributed by atoms with Crippen molar-refractivity contribution in [3.8, 4) is 0 Å². The lowest BCUT2D eigenvalue weighted by atomic mass is 9.82. The highest BCUT2D eigenvalue weighted by atomic mass is 35.5. The minimum Gasteiger partial charge on any atom is -0.452 e. The number of carbonyl (C=O) groups is 1. The predicted octanol–water partition coefficient (Wildman–Crippen LogP) is 3.51. The molecule has 1 amide bonds. The Hall–Kier alpha value is -1.85. The van der Waals surface area contributed by atoms with Gasteiger partial charge in [-0.15, -0.1) is 0 Å². The van der Waals surface area contributed by atoms with Crippen LogP contribution in [0, 0.1) is 5.82 Å². The number of nitrogens with one attached hydrogen (secondary N) is 1. The Morgan fingerprint density at radius 1 is 1.27 bits per heavy atom. The molecule has 1 aromatic heterocycles. The molecule has 0 unspecified atom stereocenters. The molecule has 1 saturated heterocycles. The van der Waals surface area contributed by atoms with E-state index in [2.05, 4.69) is 5.32 Å². The smallest absolute Gasteiger partial charge is 0.256 e. The number of halogens is 2. The van der Waals surface area contributed by atoms with Gasteiger partial charge in [0.15, 0.2) is 0 Å². The predicted molar refractivity (Wildman–Crippen MR) is 79.3 cm³/mol. The van der Waals surface area contributed by atoms with Crippen molar-refractivity contribution in [2.24, 2.45) is 0 Å². The second kappa shape index (κ2) is 6.10. The number of ether oxygens (including phenoxy) is 1. The monoisotopic (exact) mass is 323 g/mol. The number of hydrogen-bond donors (Lipinski definition) is 1. The summed E-state index contributed by atoms with van der Waals surface area (Å²) >= 11 is 5.86. The van der Waals surface area contributed by atoms with E-state index in [4.69, 9.17) is 20.8 Å². The first-order valence-corrected chi connectivity index (χ1v) is 7.38. The normalized spacial score (nSPS) is 17.2. The van der Waals surface area contributed by atoms with E-state index < -0.39 is 5.54 Å². The van der Waals surface area contributed by atoms with Crippen LogP contribution in [0.1, 0.15) is 28.8 Å². The fraction of sp³-hybridized carbons (Fsp3) is 0.312. The lowest BCUT2D eigenvalue weighted by molar-refractivity contribution is 0.0344. The van der Waals surface area contributed by atoms with Crippen LogP contribution in [0.5, 0.6) is 0 Å². The summed E-state index contributed by atoms with van der Waals surface area (Å²) in [6.07, 6.45) is 2.49. The van der Waals surface area contributed by atoms with E-state index in [1.165, 1.54) is 24.5 Å². The molecule has 22 heavy (non-hydrogen) atoms. The fourth-order valence-corrected chi connectivity index (χ4v) is 2.93. The van der Waals surface area contributed by atoms with Crippen LogP contribution in [-0.2, 0) is 10.3 Å². The van der Waals surface area contributed by atoms with Gasteiger partial charge in [0, 0.05) is 13.2 Å². The number of carbonyl (C=O) groups excluding carboxylic acids is 1. The molecule has 0 aliphatic carbocycles. The summed E-state index contributed by atoms with van der Waals surface area (Å²) in [5, 5.41) is 3.03. The van der Waals surface area contributed by atoms with Crippen LogP contribution in [-0.4, -0.2) is 19.1 Å². The first-order chi connectivity index (χ1) is 10.6. The Balaban J connectivity index is 1.93. The summed E-state index contributed by atoms with van der Waals surface area (Å²) in [5.41, 5.74) is 0.325. The Morgan fingerprint density at radius 2 is 2.05 bits per heavy atom. The van der Waals surface area contributed by atoms with Crippen LogP contribution in [0.3, 0.4) is 0 Å². The molecule has 1 aliphatic heterocycles. The van der Waals surface area contributed by atoms with Gasteiger partial charge in [-0.3, -0.25) is 4.79 Å².